The second-order valence-corrected chi connectivity index (χ2v) is 10.1. The first-order chi connectivity index (χ1) is 20.5. The number of carbonyl (C=O) groups is 2. The number of carboxylic acid groups (broad SMARTS) is 1. The van der Waals surface area contributed by atoms with E-state index in [2.05, 4.69) is 15.6 Å². The number of aliphatic carboxylic acids is 1. The SMILES string of the molecule is CCC(NC(=O)NCc1ccccc1)c1ccccc1-c1cc(CC(=O)O)c(-c2ccc3ncccc3c2)cc1OC. The molecule has 4 aromatic carbocycles. The fourth-order valence-corrected chi connectivity index (χ4v) is 5.26. The van der Waals surface area contributed by atoms with E-state index in [1.54, 1.807) is 13.3 Å². The second-order valence-electron chi connectivity index (χ2n) is 10.1. The number of ether oxygens (including phenoxy) is 1. The van der Waals surface area contributed by atoms with E-state index in [1.165, 1.54) is 0 Å². The van der Waals surface area contributed by atoms with Crippen LogP contribution in [0.15, 0.2) is 103 Å². The highest BCUT2D eigenvalue weighted by Gasteiger charge is 2.21. The third-order valence-corrected chi connectivity index (χ3v) is 7.32. The Labute approximate surface area is 245 Å². The summed E-state index contributed by atoms with van der Waals surface area (Å²) in [4.78, 5) is 29.3. The normalized spacial score (nSPS) is 11.6. The predicted molar refractivity (Wildman–Crippen MR) is 165 cm³/mol. The molecule has 1 heterocycles. The van der Waals surface area contributed by atoms with Crippen molar-refractivity contribution in [2.45, 2.75) is 32.4 Å². The van der Waals surface area contributed by atoms with Gasteiger partial charge in [-0.3, -0.25) is 9.78 Å². The summed E-state index contributed by atoms with van der Waals surface area (Å²) in [5.41, 5.74) is 6.76. The van der Waals surface area contributed by atoms with Crippen LogP contribution in [0.5, 0.6) is 5.75 Å². The molecular weight excluding hydrogens is 526 g/mol. The molecule has 0 fully saturated rings. The van der Waals surface area contributed by atoms with Gasteiger partial charge in [-0.1, -0.05) is 73.7 Å². The maximum atomic E-state index is 12.9. The Kier molecular flexibility index (Phi) is 8.78. The molecule has 1 atom stereocenters. The van der Waals surface area contributed by atoms with Crippen molar-refractivity contribution >= 4 is 22.9 Å². The summed E-state index contributed by atoms with van der Waals surface area (Å²) >= 11 is 0. The third kappa shape index (κ3) is 6.41. The number of fused-ring (bicyclic) bond motifs is 1. The Hall–Kier alpha value is -5.17. The molecule has 1 unspecified atom stereocenters. The fraction of sp³-hybridized carbons (Fsp3) is 0.171. The first-order valence-corrected chi connectivity index (χ1v) is 13.9. The van der Waals surface area contributed by atoms with Crippen LogP contribution in [0.3, 0.4) is 0 Å². The van der Waals surface area contributed by atoms with Gasteiger partial charge in [0, 0.05) is 23.7 Å². The maximum absolute atomic E-state index is 12.9. The number of pyridine rings is 1. The van der Waals surface area contributed by atoms with Gasteiger partial charge in [-0.25, -0.2) is 4.79 Å². The monoisotopic (exact) mass is 559 g/mol. The number of hydrogen-bond donors (Lipinski definition) is 3. The largest absolute Gasteiger partial charge is 0.496 e. The zero-order valence-corrected chi connectivity index (χ0v) is 23.6. The van der Waals surface area contributed by atoms with Crippen molar-refractivity contribution < 1.29 is 19.4 Å². The van der Waals surface area contributed by atoms with Gasteiger partial charge in [0.15, 0.2) is 0 Å². The summed E-state index contributed by atoms with van der Waals surface area (Å²) in [6.45, 7) is 2.44. The third-order valence-electron chi connectivity index (χ3n) is 7.32. The van der Waals surface area contributed by atoms with E-state index in [1.807, 2.05) is 104 Å². The van der Waals surface area contributed by atoms with E-state index < -0.39 is 5.97 Å². The number of urea groups is 1. The quantitative estimate of drug-likeness (QED) is 0.169. The highest BCUT2D eigenvalue weighted by Crippen LogP contribution is 2.40. The van der Waals surface area contributed by atoms with Crippen LogP contribution in [0.2, 0.25) is 0 Å². The number of carbonyl (C=O) groups excluding carboxylic acids is 1. The summed E-state index contributed by atoms with van der Waals surface area (Å²) in [7, 11) is 1.61. The molecule has 0 saturated carbocycles. The van der Waals surface area contributed by atoms with Gasteiger partial charge in [0.25, 0.3) is 0 Å². The molecule has 7 heteroatoms. The smallest absolute Gasteiger partial charge is 0.315 e. The van der Waals surface area contributed by atoms with Gasteiger partial charge in [0.2, 0.25) is 0 Å². The maximum Gasteiger partial charge on any atom is 0.315 e. The first kappa shape index (κ1) is 28.4. The van der Waals surface area contributed by atoms with Crippen LogP contribution < -0.4 is 15.4 Å². The van der Waals surface area contributed by atoms with Crippen molar-refractivity contribution in [3.05, 3.63) is 120 Å². The van der Waals surface area contributed by atoms with Gasteiger partial charge >= 0.3 is 12.0 Å². The van der Waals surface area contributed by atoms with Crippen molar-refractivity contribution in [2.75, 3.05) is 7.11 Å². The molecule has 0 radical (unpaired) electrons. The van der Waals surface area contributed by atoms with Gasteiger partial charge in [0.1, 0.15) is 5.75 Å². The van der Waals surface area contributed by atoms with E-state index in [4.69, 9.17) is 4.74 Å². The van der Waals surface area contributed by atoms with Crippen molar-refractivity contribution in [3.63, 3.8) is 0 Å². The molecule has 7 nitrogen and oxygen atoms in total. The Morgan fingerprint density at radius 2 is 1.67 bits per heavy atom. The molecule has 0 saturated heterocycles. The highest BCUT2D eigenvalue weighted by molar-refractivity contribution is 5.89. The minimum atomic E-state index is -0.925. The van der Waals surface area contributed by atoms with Crippen LogP contribution in [0.1, 0.15) is 36.1 Å². The van der Waals surface area contributed by atoms with Crippen molar-refractivity contribution in [3.8, 4) is 28.0 Å². The van der Waals surface area contributed by atoms with Crippen molar-refractivity contribution in [1.82, 2.24) is 15.6 Å². The first-order valence-electron chi connectivity index (χ1n) is 13.9. The van der Waals surface area contributed by atoms with Crippen LogP contribution in [0.4, 0.5) is 4.79 Å². The van der Waals surface area contributed by atoms with E-state index in [-0.39, 0.29) is 18.5 Å². The fourth-order valence-electron chi connectivity index (χ4n) is 5.26. The number of rotatable bonds is 10. The average molecular weight is 560 g/mol. The Morgan fingerprint density at radius 1 is 0.881 bits per heavy atom. The molecule has 0 spiro atoms. The Bertz CT molecular complexity index is 1720. The number of nitrogens with zero attached hydrogens (tertiary/aromatic N) is 1. The number of methoxy groups -OCH3 is 1. The van der Waals surface area contributed by atoms with Crippen LogP contribution in [-0.2, 0) is 17.8 Å². The summed E-state index contributed by atoms with van der Waals surface area (Å²) < 4.78 is 5.89. The topological polar surface area (TPSA) is 101 Å². The number of amides is 2. The number of nitrogens with one attached hydrogen (secondary N) is 2. The van der Waals surface area contributed by atoms with E-state index in [9.17, 15) is 14.7 Å². The highest BCUT2D eigenvalue weighted by atomic mass is 16.5. The van der Waals surface area contributed by atoms with Crippen LogP contribution in [0, 0.1) is 0 Å². The van der Waals surface area contributed by atoms with E-state index in [0.717, 1.165) is 44.3 Å². The number of benzene rings is 4. The second kappa shape index (κ2) is 13.0. The summed E-state index contributed by atoms with van der Waals surface area (Å²) in [5.74, 6) is -0.312. The number of carboxylic acids is 1. The van der Waals surface area contributed by atoms with Crippen LogP contribution in [0.25, 0.3) is 33.2 Å². The lowest BCUT2D eigenvalue weighted by atomic mass is 9.88. The minimum absolute atomic E-state index is 0.156. The molecule has 212 valence electrons. The molecule has 0 aliphatic rings. The van der Waals surface area contributed by atoms with E-state index in [0.29, 0.717) is 24.3 Å². The van der Waals surface area contributed by atoms with Gasteiger partial charge in [-0.15, -0.1) is 0 Å². The molecular formula is C35H33N3O4. The van der Waals surface area contributed by atoms with Crippen LogP contribution >= 0.6 is 0 Å². The lowest BCUT2D eigenvalue weighted by Crippen LogP contribution is -2.37. The predicted octanol–water partition coefficient (Wildman–Crippen LogP) is 7.16. The van der Waals surface area contributed by atoms with Gasteiger partial charge in [0.05, 0.1) is 25.1 Å². The zero-order valence-electron chi connectivity index (χ0n) is 23.6. The number of hydrogen-bond acceptors (Lipinski definition) is 4. The van der Waals surface area contributed by atoms with E-state index >= 15 is 0 Å². The van der Waals surface area contributed by atoms with Crippen molar-refractivity contribution in [1.29, 1.82) is 0 Å². The summed E-state index contributed by atoms with van der Waals surface area (Å²) in [6, 6.07) is 30.6. The molecule has 0 aliphatic carbocycles. The standard InChI is InChI=1S/C35H33N3O4/c1-3-31(38-35(41)37-22-23-10-5-4-6-11-23)28-14-8-7-13-27(28)30-19-26(20-34(39)40)29(21-33(30)42-2)24-15-16-32-25(18-24)12-9-17-36-32/h4-19,21,31H,3,20,22H2,1-2H3,(H,39,40)(H2,37,38,41). The lowest BCUT2D eigenvalue weighted by molar-refractivity contribution is -0.136. The summed E-state index contributed by atoms with van der Waals surface area (Å²) in [6.07, 6.45) is 2.25. The average Bonchev–Trinajstić information content (AvgIpc) is 3.02. The molecule has 3 N–H and O–H groups in total. The van der Waals surface area contributed by atoms with Gasteiger partial charge < -0.3 is 20.5 Å². The molecule has 0 aliphatic heterocycles. The summed E-state index contributed by atoms with van der Waals surface area (Å²) in [5, 5.41) is 16.8. The lowest BCUT2D eigenvalue weighted by Gasteiger charge is -2.23. The molecule has 1 aromatic heterocycles. The molecule has 5 rings (SSSR count). The zero-order chi connectivity index (χ0) is 29.5. The molecule has 0 bridgehead atoms. The molecule has 5 aromatic rings. The van der Waals surface area contributed by atoms with Crippen molar-refractivity contribution in [2.24, 2.45) is 0 Å². The Balaban J connectivity index is 1.52. The van der Waals surface area contributed by atoms with Crippen LogP contribution in [-0.4, -0.2) is 29.2 Å². The molecule has 42 heavy (non-hydrogen) atoms. The van der Waals surface area contributed by atoms with Gasteiger partial charge in [-0.05, 0) is 70.1 Å². The van der Waals surface area contributed by atoms with Gasteiger partial charge in [-0.2, -0.15) is 0 Å². The minimum Gasteiger partial charge on any atom is -0.496 e. The molecule has 2 amide bonds. The Morgan fingerprint density at radius 3 is 2.43 bits per heavy atom. The number of aromatic nitrogens is 1.